The molecule has 2 aromatic carbocycles. The summed E-state index contributed by atoms with van der Waals surface area (Å²) in [5.74, 6) is -0.437. The van der Waals surface area contributed by atoms with E-state index in [9.17, 15) is 0 Å². The number of nitrogens with zero attached hydrogens (tertiary/aromatic N) is 1. The summed E-state index contributed by atoms with van der Waals surface area (Å²) < 4.78 is 66.7. The van der Waals surface area contributed by atoms with E-state index in [2.05, 4.69) is 0 Å². The van der Waals surface area contributed by atoms with Crippen molar-refractivity contribution in [1.82, 2.24) is 0 Å². The zero-order valence-corrected chi connectivity index (χ0v) is 15.7. The molecule has 0 bridgehead atoms. The third-order valence-electron chi connectivity index (χ3n) is 4.47. The van der Waals surface area contributed by atoms with Crippen LogP contribution < -0.4 is 4.57 Å². The molecule has 0 amide bonds. The predicted molar refractivity (Wildman–Crippen MR) is 111 cm³/mol. The number of pyridine rings is 1. The van der Waals surface area contributed by atoms with Gasteiger partial charge in [-0.15, -0.1) is 0 Å². The van der Waals surface area contributed by atoms with E-state index in [1.54, 1.807) is 55.8 Å². The average molecular weight is 353 g/mol. The molecular formula is C25H30N+. The van der Waals surface area contributed by atoms with Gasteiger partial charge in [0, 0.05) is 28.2 Å². The van der Waals surface area contributed by atoms with Gasteiger partial charge in [-0.25, -0.2) is 4.57 Å². The van der Waals surface area contributed by atoms with Crippen LogP contribution in [0.4, 0.5) is 0 Å². The summed E-state index contributed by atoms with van der Waals surface area (Å²) in [6, 6.07) is 14.2. The summed E-state index contributed by atoms with van der Waals surface area (Å²) >= 11 is 0. The topological polar surface area (TPSA) is 3.88 Å². The van der Waals surface area contributed by atoms with E-state index < -0.39 is 26.0 Å². The predicted octanol–water partition coefficient (Wildman–Crippen LogP) is 5.97. The Morgan fingerprint density at radius 1 is 0.962 bits per heavy atom. The van der Waals surface area contributed by atoms with Gasteiger partial charge in [0.05, 0.1) is 0 Å². The first kappa shape index (κ1) is 10.7. The number of aromatic nitrogens is 1. The highest BCUT2D eigenvalue weighted by atomic mass is 14.9. The molecule has 0 atom stereocenters. The molecule has 1 aromatic heterocycles. The molecule has 3 rings (SSSR count). The molecule has 0 saturated carbocycles. The largest absolute Gasteiger partial charge is 0.212 e. The summed E-state index contributed by atoms with van der Waals surface area (Å²) in [6.45, 7) is 0.641. The van der Waals surface area contributed by atoms with Crippen LogP contribution >= 0.6 is 0 Å². The van der Waals surface area contributed by atoms with Gasteiger partial charge in [0.1, 0.15) is 7.05 Å². The van der Waals surface area contributed by atoms with Crippen molar-refractivity contribution in [2.75, 3.05) is 0 Å². The molecule has 0 unspecified atom stereocenters. The highest BCUT2D eigenvalue weighted by Crippen LogP contribution is 2.30. The van der Waals surface area contributed by atoms with E-state index in [-0.39, 0.29) is 16.7 Å². The van der Waals surface area contributed by atoms with Gasteiger partial charge in [0.25, 0.3) is 0 Å². The lowest BCUT2D eigenvalue weighted by atomic mass is 9.93. The van der Waals surface area contributed by atoms with E-state index in [1.165, 1.54) is 6.20 Å². The normalized spacial score (nSPS) is 17.3. The van der Waals surface area contributed by atoms with Gasteiger partial charge in [-0.2, -0.15) is 0 Å². The lowest BCUT2D eigenvalue weighted by Crippen LogP contribution is -2.32. The smallest absolute Gasteiger partial charge is 0.201 e. The fourth-order valence-electron chi connectivity index (χ4n) is 3.15. The highest BCUT2D eigenvalue weighted by molar-refractivity contribution is 5.74. The molecule has 0 radical (unpaired) electrons. The van der Waals surface area contributed by atoms with Crippen molar-refractivity contribution < 1.29 is 15.5 Å². The van der Waals surface area contributed by atoms with Crippen LogP contribution in [-0.4, -0.2) is 0 Å². The Labute approximate surface area is 169 Å². The second-order valence-electron chi connectivity index (χ2n) is 6.97. The molecular weight excluding hydrogens is 314 g/mol. The van der Waals surface area contributed by atoms with Gasteiger partial charge in [0.15, 0.2) is 6.20 Å². The molecule has 1 heteroatoms. The van der Waals surface area contributed by atoms with Crippen LogP contribution in [0.2, 0.25) is 0 Å². The number of aryl methyl sites for hydroxylation is 4. The van der Waals surface area contributed by atoms with E-state index in [0.717, 1.165) is 16.7 Å². The standard InChI is InChI=1S/C25H30N/c1-17(2)13-22-15-25(26(6)16-20(22)5)24-14-21(12-11-19(24)4)23-10-8-7-9-18(23)3/h7-12,14-17H,13H2,1-6H3/q+1/i3D3,5D3,13D2. The van der Waals surface area contributed by atoms with E-state index >= 15 is 0 Å². The minimum absolute atomic E-state index is 0.0148. The Morgan fingerprint density at radius 3 is 2.46 bits per heavy atom. The first-order valence-corrected chi connectivity index (χ1v) is 8.80. The van der Waals surface area contributed by atoms with Gasteiger partial charge in [0.2, 0.25) is 5.69 Å². The number of hydrogen-bond acceptors (Lipinski definition) is 0. The van der Waals surface area contributed by atoms with Crippen LogP contribution in [0.15, 0.2) is 54.7 Å². The van der Waals surface area contributed by atoms with Gasteiger partial charge in [-0.1, -0.05) is 50.2 Å². The molecule has 0 aliphatic rings. The van der Waals surface area contributed by atoms with Gasteiger partial charge < -0.3 is 0 Å². The Morgan fingerprint density at radius 2 is 1.73 bits per heavy atom. The van der Waals surface area contributed by atoms with Gasteiger partial charge >= 0.3 is 0 Å². The highest BCUT2D eigenvalue weighted by Gasteiger charge is 2.17. The molecule has 0 N–H and O–H groups in total. The Bertz CT molecular complexity index is 1210. The van der Waals surface area contributed by atoms with Crippen molar-refractivity contribution in [1.29, 1.82) is 0 Å². The van der Waals surface area contributed by atoms with E-state index in [0.29, 0.717) is 11.3 Å². The fourth-order valence-corrected chi connectivity index (χ4v) is 3.15. The molecule has 134 valence electrons. The summed E-state index contributed by atoms with van der Waals surface area (Å²) in [6.07, 6.45) is -0.369. The van der Waals surface area contributed by atoms with Crippen LogP contribution in [-0.2, 0) is 13.4 Å². The van der Waals surface area contributed by atoms with E-state index in [4.69, 9.17) is 11.0 Å². The number of hydrogen-bond donors (Lipinski definition) is 0. The second-order valence-corrected chi connectivity index (χ2v) is 6.97. The molecule has 0 spiro atoms. The molecule has 1 heterocycles. The number of benzene rings is 2. The molecule has 0 fully saturated rings. The fraction of sp³-hybridized carbons (Fsp3) is 0.320. The molecule has 1 nitrogen and oxygen atoms in total. The average Bonchev–Trinajstić information content (AvgIpc) is 2.72. The minimum atomic E-state index is -2.47. The van der Waals surface area contributed by atoms with Crippen molar-refractivity contribution in [2.24, 2.45) is 13.0 Å². The summed E-state index contributed by atoms with van der Waals surface area (Å²) in [5, 5.41) is 0. The van der Waals surface area contributed by atoms with Gasteiger partial charge in [-0.05, 0) is 66.8 Å². The first-order chi connectivity index (χ1) is 15.5. The second kappa shape index (κ2) is 7.45. The first-order valence-electron chi connectivity index (χ1n) is 12.8. The van der Waals surface area contributed by atoms with Crippen LogP contribution in [0.25, 0.3) is 22.4 Å². The summed E-state index contributed by atoms with van der Waals surface area (Å²) in [5.41, 5.74) is 4.04. The molecule has 0 aliphatic heterocycles. The lowest BCUT2D eigenvalue weighted by molar-refractivity contribution is -0.660. The summed E-state index contributed by atoms with van der Waals surface area (Å²) in [4.78, 5) is 0. The summed E-state index contributed by atoms with van der Waals surface area (Å²) in [7, 11) is 1.74. The zero-order valence-electron chi connectivity index (χ0n) is 23.7. The van der Waals surface area contributed by atoms with Crippen LogP contribution in [0.5, 0.6) is 0 Å². The lowest BCUT2D eigenvalue weighted by Gasteiger charge is -2.13. The molecule has 26 heavy (non-hydrogen) atoms. The quantitative estimate of drug-likeness (QED) is 0.509. The molecule has 0 saturated heterocycles. The van der Waals surface area contributed by atoms with Crippen molar-refractivity contribution in [2.45, 2.75) is 40.8 Å². The SMILES string of the molecule is [2H]C([2H])([2H])c1ccccc1-c1ccc(C)c(-c2cc(C([2H])([2H])C(C)C)c(C([2H])([2H])[2H])c[n+]2C)c1. The van der Waals surface area contributed by atoms with E-state index in [1.807, 2.05) is 25.1 Å². The third-order valence-corrected chi connectivity index (χ3v) is 4.47. The van der Waals surface area contributed by atoms with Crippen LogP contribution in [0.3, 0.4) is 0 Å². The van der Waals surface area contributed by atoms with Crippen molar-refractivity contribution in [3.63, 3.8) is 0 Å². The van der Waals surface area contributed by atoms with Gasteiger partial charge in [-0.3, -0.25) is 0 Å². The zero-order chi connectivity index (χ0) is 25.6. The molecule has 0 aliphatic carbocycles. The monoisotopic (exact) mass is 352 g/mol. The third kappa shape index (κ3) is 3.72. The van der Waals surface area contributed by atoms with Crippen LogP contribution in [0, 0.1) is 26.5 Å². The van der Waals surface area contributed by atoms with Crippen molar-refractivity contribution in [3.05, 3.63) is 77.0 Å². The maximum atomic E-state index is 8.64. The maximum Gasteiger partial charge on any atom is 0.212 e. The van der Waals surface area contributed by atoms with Crippen LogP contribution in [0.1, 0.15) is 47.1 Å². The minimum Gasteiger partial charge on any atom is -0.201 e. The number of rotatable bonds is 4. The van der Waals surface area contributed by atoms with Crippen molar-refractivity contribution >= 4 is 0 Å². The molecule has 3 aromatic rings. The Balaban J connectivity index is 2.30. The maximum absolute atomic E-state index is 8.64. The Kier molecular flexibility index (Phi) is 3.06. The van der Waals surface area contributed by atoms with Crippen molar-refractivity contribution in [3.8, 4) is 22.4 Å². The Hall–Kier alpha value is -2.41.